The lowest BCUT2D eigenvalue weighted by atomic mass is 9.73. The van der Waals surface area contributed by atoms with Gasteiger partial charge in [-0.1, -0.05) is 113 Å². The van der Waals surface area contributed by atoms with Crippen LogP contribution in [0.15, 0.2) is 60.7 Å². The lowest BCUT2D eigenvalue weighted by molar-refractivity contribution is 0.216. The van der Waals surface area contributed by atoms with Crippen molar-refractivity contribution < 1.29 is 4.39 Å². The summed E-state index contributed by atoms with van der Waals surface area (Å²) in [5, 5.41) is 0. The van der Waals surface area contributed by atoms with Crippen LogP contribution in [0.1, 0.15) is 88.7 Å². The zero-order valence-corrected chi connectivity index (χ0v) is 18.4. The molecule has 1 aliphatic carbocycles. The molecule has 2 atom stereocenters. The third-order valence-electron chi connectivity index (χ3n) is 7.03. The van der Waals surface area contributed by atoms with Crippen LogP contribution in [0.2, 0.25) is 0 Å². The maximum atomic E-state index is 14.2. The predicted molar refractivity (Wildman–Crippen MR) is 123 cm³/mol. The molecule has 2 aromatic carbocycles. The number of benzene rings is 2. The van der Waals surface area contributed by atoms with Crippen LogP contribution < -0.4 is 0 Å². The van der Waals surface area contributed by atoms with Crippen LogP contribution in [0.25, 0.3) is 0 Å². The third kappa shape index (κ3) is 6.69. The average molecular weight is 395 g/mol. The SMILES string of the molecule is CCCC1CCC(CCC(CC(C)F)C(c2ccccc2)c2ccccc2)CC1. The monoisotopic (exact) mass is 394 g/mol. The summed E-state index contributed by atoms with van der Waals surface area (Å²) < 4.78 is 14.2. The van der Waals surface area contributed by atoms with Gasteiger partial charge in [-0.2, -0.15) is 0 Å². The molecule has 158 valence electrons. The molecule has 1 heteroatoms. The summed E-state index contributed by atoms with van der Waals surface area (Å²) in [6.45, 7) is 4.04. The Bertz CT molecular complexity index is 630. The molecule has 0 heterocycles. The molecule has 0 bridgehead atoms. The van der Waals surface area contributed by atoms with Crippen LogP contribution in [-0.2, 0) is 0 Å². The number of rotatable bonds is 10. The van der Waals surface area contributed by atoms with Crippen molar-refractivity contribution in [3.63, 3.8) is 0 Å². The Labute approximate surface area is 177 Å². The zero-order valence-electron chi connectivity index (χ0n) is 18.4. The van der Waals surface area contributed by atoms with E-state index >= 15 is 0 Å². The van der Waals surface area contributed by atoms with E-state index in [0.717, 1.165) is 18.3 Å². The molecule has 0 aliphatic heterocycles. The minimum absolute atomic E-state index is 0.284. The van der Waals surface area contributed by atoms with Gasteiger partial charge in [0.1, 0.15) is 0 Å². The van der Waals surface area contributed by atoms with E-state index in [1.54, 1.807) is 6.92 Å². The van der Waals surface area contributed by atoms with Crippen LogP contribution in [0.5, 0.6) is 0 Å². The minimum Gasteiger partial charge on any atom is -0.248 e. The second-order valence-corrected chi connectivity index (χ2v) is 9.33. The van der Waals surface area contributed by atoms with Crippen LogP contribution in [0, 0.1) is 17.8 Å². The lowest BCUT2D eigenvalue weighted by Gasteiger charge is -2.32. The van der Waals surface area contributed by atoms with Crippen molar-refractivity contribution in [1.82, 2.24) is 0 Å². The van der Waals surface area contributed by atoms with Gasteiger partial charge < -0.3 is 0 Å². The Morgan fingerprint density at radius 2 is 1.28 bits per heavy atom. The largest absolute Gasteiger partial charge is 0.248 e. The van der Waals surface area contributed by atoms with E-state index in [4.69, 9.17) is 0 Å². The van der Waals surface area contributed by atoms with Crippen molar-refractivity contribution in [3.8, 4) is 0 Å². The number of alkyl halides is 1. The minimum atomic E-state index is -0.754. The van der Waals surface area contributed by atoms with Crippen LogP contribution >= 0.6 is 0 Å². The van der Waals surface area contributed by atoms with Crippen molar-refractivity contribution in [2.45, 2.75) is 83.7 Å². The van der Waals surface area contributed by atoms with Gasteiger partial charge in [-0.3, -0.25) is 0 Å². The average Bonchev–Trinajstić information content (AvgIpc) is 2.74. The Kier molecular flexibility index (Phi) is 8.77. The van der Waals surface area contributed by atoms with Gasteiger partial charge in [0.25, 0.3) is 0 Å². The summed E-state index contributed by atoms with van der Waals surface area (Å²) in [6, 6.07) is 21.5. The third-order valence-corrected chi connectivity index (χ3v) is 7.03. The molecule has 0 N–H and O–H groups in total. The molecule has 1 saturated carbocycles. The van der Waals surface area contributed by atoms with E-state index in [1.165, 1.54) is 56.1 Å². The van der Waals surface area contributed by atoms with Gasteiger partial charge in [0.2, 0.25) is 0 Å². The Hall–Kier alpha value is -1.63. The molecule has 1 fully saturated rings. The van der Waals surface area contributed by atoms with Gasteiger partial charge in [-0.15, -0.1) is 0 Å². The molecule has 2 aromatic rings. The van der Waals surface area contributed by atoms with Gasteiger partial charge in [-0.05, 0) is 48.6 Å². The molecule has 0 amide bonds. The Morgan fingerprint density at radius 3 is 1.72 bits per heavy atom. The zero-order chi connectivity index (χ0) is 20.5. The van der Waals surface area contributed by atoms with Crippen molar-refractivity contribution >= 4 is 0 Å². The summed E-state index contributed by atoms with van der Waals surface area (Å²) in [4.78, 5) is 0. The molecule has 3 rings (SSSR count). The summed E-state index contributed by atoms with van der Waals surface area (Å²) in [6.07, 6.45) is 10.6. The highest BCUT2D eigenvalue weighted by molar-refractivity contribution is 5.33. The van der Waals surface area contributed by atoms with Gasteiger partial charge in [-0.25, -0.2) is 4.39 Å². The van der Waals surface area contributed by atoms with Crippen molar-refractivity contribution in [1.29, 1.82) is 0 Å². The first kappa shape index (κ1) is 22.1. The predicted octanol–water partition coefficient (Wildman–Crippen LogP) is 8.57. The lowest BCUT2D eigenvalue weighted by Crippen LogP contribution is -2.21. The molecule has 0 spiro atoms. The summed E-state index contributed by atoms with van der Waals surface area (Å²) >= 11 is 0. The van der Waals surface area contributed by atoms with Crippen LogP contribution in [0.3, 0.4) is 0 Å². The van der Waals surface area contributed by atoms with E-state index in [0.29, 0.717) is 12.3 Å². The Morgan fingerprint density at radius 1 is 0.793 bits per heavy atom. The molecule has 0 saturated heterocycles. The van der Waals surface area contributed by atoms with Crippen molar-refractivity contribution in [3.05, 3.63) is 71.8 Å². The first-order valence-electron chi connectivity index (χ1n) is 11.9. The standard InChI is InChI=1S/C28H39F/c1-3-10-23-15-17-24(18-16-23)19-20-27(21-22(2)29)28(25-11-6-4-7-12-25)26-13-8-5-9-14-26/h4-9,11-14,22-24,27-28H,3,10,15-21H2,1-2H3. The summed E-state index contributed by atoms with van der Waals surface area (Å²) in [7, 11) is 0. The smallest absolute Gasteiger partial charge is 0.0976 e. The highest BCUT2D eigenvalue weighted by atomic mass is 19.1. The maximum Gasteiger partial charge on any atom is 0.0976 e. The molecule has 2 unspecified atom stereocenters. The molecule has 0 radical (unpaired) electrons. The fourth-order valence-corrected chi connectivity index (χ4v) is 5.56. The van der Waals surface area contributed by atoms with Crippen LogP contribution in [0.4, 0.5) is 4.39 Å². The second-order valence-electron chi connectivity index (χ2n) is 9.33. The number of halogens is 1. The maximum absolute atomic E-state index is 14.2. The first-order chi connectivity index (χ1) is 14.2. The number of hydrogen-bond acceptors (Lipinski definition) is 0. The summed E-state index contributed by atoms with van der Waals surface area (Å²) in [5.74, 6) is 2.44. The highest BCUT2D eigenvalue weighted by Gasteiger charge is 2.28. The van der Waals surface area contributed by atoms with E-state index in [1.807, 2.05) is 0 Å². The van der Waals surface area contributed by atoms with E-state index < -0.39 is 6.17 Å². The molecule has 29 heavy (non-hydrogen) atoms. The normalized spacial score (nSPS) is 21.8. The second kappa shape index (κ2) is 11.5. The van der Waals surface area contributed by atoms with Crippen molar-refractivity contribution in [2.24, 2.45) is 17.8 Å². The van der Waals surface area contributed by atoms with Gasteiger partial charge in [0.05, 0.1) is 6.17 Å². The van der Waals surface area contributed by atoms with Gasteiger partial charge in [0.15, 0.2) is 0 Å². The highest BCUT2D eigenvalue weighted by Crippen LogP contribution is 2.41. The summed E-state index contributed by atoms with van der Waals surface area (Å²) in [5.41, 5.74) is 2.66. The first-order valence-corrected chi connectivity index (χ1v) is 11.9. The van der Waals surface area contributed by atoms with E-state index in [-0.39, 0.29) is 5.92 Å². The molecule has 0 aromatic heterocycles. The fraction of sp³-hybridized carbons (Fsp3) is 0.571. The number of hydrogen-bond donors (Lipinski definition) is 0. The molecular weight excluding hydrogens is 355 g/mol. The van der Waals surface area contributed by atoms with E-state index in [9.17, 15) is 4.39 Å². The van der Waals surface area contributed by atoms with E-state index in [2.05, 4.69) is 67.6 Å². The van der Waals surface area contributed by atoms with Crippen LogP contribution in [-0.4, -0.2) is 6.17 Å². The quantitative estimate of drug-likeness (QED) is 0.378. The van der Waals surface area contributed by atoms with Crippen molar-refractivity contribution in [2.75, 3.05) is 0 Å². The van der Waals surface area contributed by atoms with Gasteiger partial charge in [0, 0.05) is 5.92 Å². The van der Waals surface area contributed by atoms with Gasteiger partial charge >= 0.3 is 0 Å². The Balaban J connectivity index is 1.73. The topological polar surface area (TPSA) is 0 Å². The molecular formula is C28H39F. The molecule has 1 aliphatic rings. The molecule has 0 nitrogen and oxygen atoms in total. The fourth-order valence-electron chi connectivity index (χ4n) is 5.56.